The highest BCUT2D eigenvalue weighted by Crippen LogP contribution is 2.17. The van der Waals surface area contributed by atoms with E-state index in [1.807, 2.05) is 6.07 Å². The second kappa shape index (κ2) is 9.02. The van der Waals surface area contributed by atoms with Crippen molar-refractivity contribution in [3.8, 4) is 5.75 Å². The van der Waals surface area contributed by atoms with E-state index in [1.165, 1.54) is 12.1 Å². The molecule has 126 valence electrons. The van der Waals surface area contributed by atoms with Crippen LogP contribution in [0.5, 0.6) is 5.75 Å². The predicted octanol–water partition coefficient (Wildman–Crippen LogP) is 2.83. The molecule has 0 atom stereocenters. The first kappa shape index (κ1) is 17.9. The van der Waals surface area contributed by atoms with Crippen molar-refractivity contribution in [2.45, 2.75) is 6.54 Å². The van der Waals surface area contributed by atoms with E-state index >= 15 is 0 Å². The fourth-order valence-corrected chi connectivity index (χ4v) is 2.12. The highest BCUT2D eigenvalue weighted by atomic mass is 79.9. The molecule has 0 unspecified atom stereocenters. The van der Waals surface area contributed by atoms with Gasteiger partial charge in [0.25, 0.3) is 5.91 Å². The van der Waals surface area contributed by atoms with Crippen molar-refractivity contribution in [2.75, 3.05) is 13.2 Å². The maximum atomic E-state index is 12.8. The Bertz CT molecular complexity index is 706. The van der Waals surface area contributed by atoms with Gasteiger partial charge in [-0.1, -0.05) is 34.1 Å². The topological polar surface area (TPSA) is 64.6 Å². The highest BCUT2D eigenvalue weighted by molar-refractivity contribution is 9.10. The van der Waals surface area contributed by atoms with Crippen LogP contribution in [-0.2, 0) is 20.9 Å². The molecule has 0 radical (unpaired) electrons. The van der Waals surface area contributed by atoms with E-state index in [9.17, 15) is 14.0 Å². The fraction of sp³-hybridized carbons (Fsp3) is 0.176. The van der Waals surface area contributed by atoms with Gasteiger partial charge in [0.2, 0.25) is 0 Å². The van der Waals surface area contributed by atoms with Gasteiger partial charge in [-0.05, 0) is 35.9 Å². The van der Waals surface area contributed by atoms with Crippen LogP contribution in [-0.4, -0.2) is 25.1 Å². The molecule has 0 aliphatic heterocycles. The molecule has 0 bridgehead atoms. The summed E-state index contributed by atoms with van der Waals surface area (Å²) < 4.78 is 23.6. The van der Waals surface area contributed by atoms with Crippen molar-refractivity contribution in [3.63, 3.8) is 0 Å². The molecule has 0 heterocycles. The Morgan fingerprint density at radius 3 is 2.54 bits per heavy atom. The van der Waals surface area contributed by atoms with Gasteiger partial charge in [-0.15, -0.1) is 0 Å². The van der Waals surface area contributed by atoms with Crippen LogP contribution in [0.1, 0.15) is 5.56 Å². The monoisotopic (exact) mass is 395 g/mol. The van der Waals surface area contributed by atoms with Crippen LogP contribution in [0.25, 0.3) is 0 Å². The van der Waals surface area contributed by atoms with Gasteiger partial charge in [0.15, 0.2) is 13.2 Å². The van der Waals surface area contributed by atoms with Crippen LogP contribution in [0.2, 0.25) is 0 Å². The van der Waals surface area contributed by atoms with Gasteiger partial charge in [0.05, 0.1) is 0 Å². The summed E-state index contributed by atoms with van der Waals surface area (Å²) in [5.74, 6) is -0.923. The number of rotatable bonds is 7. The lowest BCUT2D eigenvalue weighted by Crippen LogP contribution is -2.29. The summed E-state index contributed by atoms with van der Waals surface area (Å²) in [4.78, 5) is 23.1. The molecule has 2 aromatic carbocycles. The van der Waals surface area contributed by atoms with Gasteiger partial charge in [-0.25, -0.2) is 9.18 Å². The predicted molar refractivity (Wildman–Crippen MR) is 88.8 cm³/mol. The molecular weight excluding hydrogens is 381 g/mol. The summed E-state index contributed by atoms with van der Waals surface area (Å²) in [6, 6.07) is 12.8. The molecule has 5 nitrogen and oxygen atoms in total. The zero-order chi connectivity index (χ0) is 17.4. The highest BCUT2D eigenvalue weighted by Gasteiger charge is 2.08. The van der Waals surface area contributed by atoms with Crippen LogP contribution in [0.15, 0.2) is 53.0 Å². The number of hydrogen-bond acceptors (Lipinski definition) is 4. The Labute approximate surface area is 146 Å². The maximum Gasteiger partial charge on any atom is 0.344 e. The molecule has 2 aromatic rings. The van der Waals surface area contributed by atoms with E-state index in [0.717, 1.165) is 10.0 Å². The van der Waals surface area contributed by atoms with E-state index in [1.54, 1.807) is 30.3 Å². The molecule has 1 N–H and O–H groups in total. The molecule has 0 aliphatic carbocycles. The van der Waals surface area contributed by atoms with Gasteiger partial charge in [-0.2, -0.15) is 0 Å². The number of esters is 1. The Balaban J connectivity index is 1.65. The van der Waals surface area contributed by atoms with E-state index in [2.05, 4.69) is 21.2 Å². The number of carbonyl (C=O) groups is 2. The second-order valence-electron chi connectivity index (χ2n) is 4.81. The number of ether oxygens (including phenoxy) is 2. The van der Waals surface area contributed by atoms with Crippen molar-refractivity contribution in [1.82, 2.24) is 5.32 Å². The molecule has 1 amide bonds. The lowest BCUT2D eigenvalue weighted by Gasteiger charge is -2.08. The molecule has 0 aromatic heterocycles. The Hall–Kier alpha value is -2.41. The molecule has 0 spiro atoms. The normalized spacial score (nSPS) is 10.1. The zero-order valence-corrected chi connectivity index (χ0v) is 14.2. The van der Waals surface area contributed by atoms with Gasteiger partial charge < -0.3 is 14.8 Å². The molecule has 0 aliphatic rings. The summed E-state index contributed by atoms with van der Waals surface area (Å²) in [5.41, 5.74) is 0.745. The third-order valence-corrected chi connectivity index (χ3v) is 3.41. The molecule has 24 heavy (non-hydrogen) atoms. The van der Waals surface area contributed by atoms with Crippen molar-refractivity contribution >= 4 is 27.8 Å². The third kappa shape index (κ3) is 6.37. The van der Waals surface area contributed by atoms with E-state index in [-0.39, 0.29) is 19.0 Å². The Kier molecular flexibility index (Phi) is 6.74. The maximum absolute atomic E-state index is 12.8. The molecular formula is C17H15BrFNO4. The van der Waals surface area contributed by atoms with Gasteiger partial charge in [0.1, 0.15) is 11.6 Å². The zero-order valence-electron chi connectivity index (χ0n) is 12.6. The lowest BCUT2D eigenvalue weighted by atomic mass is 10.2. The molecule has 7 heteroatoms. The molecule has 0 saturated carbocycles. The summed E-state index contributed by atoms with van der Waals surface area (Å²) in [5, 5.41) is 2.57. The fourth-order valence-electron chi connectivity index (χ4n) is 1.74. The number of benzene rings is 2. The minimum Gasteiger partial charge on any atom is -0.482 e. The summed E-state index contributed by atoms with van der Waals surface area (Å²) in [6.45, 7) is -0.464. The Morgan fingerprint density at radius 1 is 1.08 bits per heavy atom. The molecule has 0 saturated heterocycles. The van der Waals surface area contributed by atoms with Crippen LogP contribution < -0.4 is 10.1 Å². The summed E-state index contributed by atoms with van der Waals surface area (Å²) in [6.07, 6.45) is 0. The first-order valence-corrected chi connectivity index (χ1v) is 7.87. The SMILES string of the molecule is O=C(COC(=O)COc1cccc(Br)c1)NCc1ccc(F)cc1. The first-order valence-electron chi connectivity index (χ1n) is 7.08. The number of nitrogens with one attached hydrogen (secondary N) is 1. The van der Waals surface area contributed by atoms with Gasteiger partial charge in [0, 0.05) is 11.0 Å². The smallest absolute Gasteiger partial charge is 0.344 e. The second-order valence-corrected chi connectivity index (χ2v) is 5.73. The van der Waals surface area contributed by atoms with Gasteiger partial charge >= 0.3 is 5.97 Å². The van der Waals surface area contributed by atoms with E-state index in [4.69, 9.17) is 9.47 Å². The van der Waals surface area contributed by atoms with Crippen molar-refractivity contribution in [2.24, 2.45) is 0 Å². The Morgan fingerprint density at radius 2 is 1.83 bits per heavy atom. The number of amides is 1. The summed E-state index contributed by atoms with van der Waals surface area (Å²) in [7, 11) is 0. The van der Waals surface area contributed by atoms with Gasteiger partial charge in [-0.3, -0.25) is 4.79 Å². The minimum atomic E-state index is -0.646. The van der Waals surface area contributed by atoms with Crippen molar-refractivity contribution < 1.29 is 23.5 Å². The standard InChI is InChI=1S/C17H15BrFNO4/c18-13-2-1-3-15(8-13)23-11-17(22)24-10-16(21)20-9-12-4-6-14(19)7-5-12/h1-8H,9-11H2,(H,20,21). The van der Waals surface area contributed by atoms with Crippen molar-refractivity contribution in [3.05, 3.63) is 64.4 Å². The number of hydrogen-bond donors (Lipinski definition) is 1. The largest absolute Gasteiger partial charge is 0.482 e. The number of halogens is 2. The average Bonchev–Trinajstić information content (AvgIpc) is 2.57. The number of carbonyl (C=O) groups excluding carboxylic acids is 2. The van der Waals surface area contributed by atoms with E-state index in [0.29, 0.717) is 5.75 Å². The quantitative estimate of drug-likeness (QED) is 0.732. The lowest BCUT2D eigenvalue weighted by molar-refractivity contribution is -0.150. The molecule has 0 fully saturated rings. The average molecular weight is 396 g/mol. The van der Waals surface area contributed by atoms with E-state index < -0.39 is 18.5 Å². The van der Waals surface area contributed by atoms with Crippen LogP contribution >= 0.6 is 15.9 Å². The van der Waals surface area contributed by atoms with Crippen LogP contribution in [0.3, 0.4) is 0 Å². The first-order chi connectivity index (χ1) is 11.5. The molecule has 2 rings (SSSR count). The van der Waals surface area contributed by atoms with Crippen LogP contribution in [0.4, 0.5) is 4.39 Å². The van der Waals surface area contributed by atoms with Crippen molar-refractivity contribution in [1.29, 1.82) is 0 Å². The summed E-state index contributed by atoms with van der Waals surface area (Å²) >= 11 is 3.29. The minimum absolute atomic E-state index is 0.227. The third-order valence-electron chi connectivity index (χ3n) is 2.92. The van der Waals surface area contributed by atoms with Crippen LogP contribution in [0, 0.1) is 5.82 Å².